The number of hydrogen-bond donors (Lipinski definition) is 20. The van der Waals surface area contributed by atoms with E-state index in [4.69, 9.17) is 18.9 Å². The van der Waals surface area contributed by atoms with Crippen LogP contribution in [-0.4, -0.2) is 127 Å². The minimum absolute atomic E-state index is 0.00111. The topological polar surface area (TPSA) is 442 Å². The van der Waals surface area contributed by atoms with E-state index in [9.17, 15) is 102 Å². The second-order valence-corrected chi connectivity index (χ2v) is 21.0. The number of hydrogen-bond acceptors (Lipinski definition) is 24. The molecule has 24 nitrogen and oxygen atoms in total. The van der Waals surface area contributed by atoms with Crippen molar-refractivity contribution in [1.29, 1.82) is 0 Å². The van der Waals surface area contributed by atoms with Crippen LogP contribution in [0.4, 0.5) is 0 Å². The maximum absolute atomic E-state index is 13.1. The van der Waals surface area contributed by atoms with E-state index in [2.05, 4.69) is 0 Å². The van der Waals surface area contributed by atoms with E-state index in [1.165, 1.54) is 24.3 Å². The van der Waals surface area contributed by atoms with Crippen LogP contribution in [0.2, 0.25) is 0 Å². The Morgan fingerprint density at radius 2 is 0.583 bits per heavy atom. The van der Waals surface area contributed by atoms with Gasteiger partial charge in [0, 0.05) is 75.7 Å². The van der Waals surface area contributed by atoms with Crippen molar-refractivity contribution in [2.75, 3.05) is 0 Å². The van der Waals surface area contributed by atoms with E-state index in [-0.39, 0.29) is 39.1 Å². The summed E-state index contributed by atoms with van der Waals surface area (Å²) in [5.74, 6) is -19.0. The molecule has 4 heterocycles. The number of phenolic OH excluding ortho intramolecular Hbond substituents is 16. The van der Waals surface area contributed by atoms with Gasteiger partial charge in [-0.05, 0) is 70.8 Å². The first-order valence-corrected chi connectivity index (χ1v) is 25.7. The molecule has 0 spiro atoms. The summed E-state index contributed by atoms with van der Waals surface area (Å²) >= 11 is 0. The van der Waals surface area contributed by atoms with Crippen molar-refractivity contribution < 1.29 is 121 Å². The van der Waals surface area contributed by atoms with Gasteiger partial charge in [-0.3, -0.25) is 0 Å². The highest BCUT2D eigenvalue weighted by Crippen LogP contribution is 2.65. The minimum atomic E-state index is -2.15. The van der Waals surface area contributed by atoms with Gasteiger partial charge in [-0.1, -0.05) is 24.3 Å². The summed E-state index contributed by atoms with van der Waals surface area (Å²) in [5, 5.41) is 229. The molecule has 84 heavy (non-hydrogen) atoms. The van der Waals surface area contributed by atoms with Gasteiger partial charge in [0.1, 0.15) is 93.4 Å². The van der Waals surface area contributed by atoms with Gasteiger partial charge in [0.05, 0.1) is 23.9 Å². The Morgan fingerprint density at radius 1 is 0.274 bits per heavy atom. The summed E-state index contributed by atoms with van der Waals surface area (Å²) in [6.07, 6.45) is -14.8. The van der Waals surface area contributed by atoms with Crippen LogP contribution < -0.4 is 18.9 Å². The highest BCUT2D eigenvalue weighted by atomic mass is 16.5. The van der Waals surface area contributed by atoms with Crippen molar-refractivity contribution in [2.45, 2.75) is 73.0 Å². The SMILES string of the molecule is Oc1cc(O)c2c(c1)O[C@H](c1ccc(O)c(O)c1)[C@H](O)[C@H]2c1c(O)cc(O)c2c1O[C@@H](c1ccc(O)c(O)c1)[C@@H](O)[C@@H]2c1c(O)cc(O)c2c1O[C@H](c1ccc(O)c(O)c1)[C@H](O)[C@H]2c1c(O)cc(O)c2c1O[C@@H](c1ccc(O)c(O)c1)[C@H](O)C2. The Hall–Kier alpha value is -10.4. The van der Waals surface area contributed by atoms with Crippen LogP contribution in [0.15, 0.2) is 103 Å². The Labute approximate surface area is 472 Å². The lowest BCUT2D eigenvalue weighted by atomic mass is 9.72. The van der Waals surface area contributed by atoms with E-state index >= 15 is 0 Å². The molecular weight excluding hydrogens is 1100 g/mol. The zero-order chi connectivity index (χ0) is 59.8. The molecule has 4 aliphatic rings. The van der Waals surface area contributed by atoms with Crippen molar-refractivity contribution in [1.82, 2.24) is 0 Å². The molecule has 0 aliphatic carbocycles. The summed E-state index contributed by atoms with van der Waals surface area (Å²) in [4.78, 5) is 0. The second kappa shape index (κ2) is 19.7. The minimum Gasteiger partial charge on any atom is -0.508 e. The molecule has 8 aromatic rings. The molecule has 4 aliphatic heterocycles. The quantitative estimate of drug-likeness (QED) is 0.0827. The third kappa shape index (κ3) is 8.44. The highest BCUT2D eigenvalue weighted by Gasteiger charge is 2.53. The Morgan fingerprint density at radius 3 is 0.964 bits per heavy atom. The number of aliphatic hydroxyl groups excluding tert-OH is 4. The summed E-state index contributed by atoms with van der Waals surface area (Å²) in [7, 11) is 0. The number of phenols is 16. The molecule has 0 bridgehead atoms. The Kier molecular flexibility index (Phi) is 12.7. The highest BCUT2D eigenvalue weighted by molar-refractivity contribution is 5.73. The summed E-state index contributed by atoms with van der Waals surface area (Å²) in [6.45, 7) is 0. The maximum Gasteiger partial charge on any atom is 0.157 e. The van der Waals surface area contributed by atoms with E-state index in [0.717, 1.165) is 78.9 Å². The monoisotopic (exact) mass is 1150 g/mol. The second-order valence-electron chi connectivity index (χ2n) is 21.0. The van der Waals surface area contributed by atoms with E-state index in [0.29, 0.717) is 0 Å². The summed E-state index contributed by atoms with van der Waals surface area (Å²) in [6, 6.07) is 17.7. The van der Waals surface area contributed by atoms with Crippen LogP contribution in [0.5, 0.6) is 115 Å². The van der Waals surface area contributed by atoms with Crippen LogP contribution in [-0.2, 0) is 6.42 Å². The zero-order valence-corrected chi connectivity index (χ0v) is 43.0. The Bertz CT molecular complexity index is 4030. The van der Waals surface area contributed by atoms with E-state index in [1.807, 2.05) is 0 Å². The van der Waals surface area contributed by atoms with Gasteiger partial charge in [-0.2, -0.15) is 0 Å². The first-order chi connectivity index (χ1) is 39.9. The van der Waals surface area contributed by atoms with Crippen LogP contribution >= 0.6 is 0 Å². The van der Waals surface area contributed by atoms with Gasteiger partial charge < -0.3 is 121 Å². The number of ether oxygens (including phenoxy) is 4. The molecule has 11 atom stereocenters. The molecule has 0 saturated carbocycles. The van der Waals surface area contributed by atoms with E-state index in [1.54, 1.807) is 0 Å². The van der Waals surface area contributed by atoms with Crippen LogP contribution in [0.1, 0.15) is 103 Å². The fraction of sp³-hybridized carbons (Fsp3) is 0.200. The van der Waals surface area contributed by atoms with Crippen molar-refractivity contribution in [3.05, 3.63) is 164 Å². The normalized spacial score (nSPS) is 24.0. The summed E-state index contributed by atoms with van der Waals surface area (Å²) < 4.78 is 25.8. The molecule has 0 saturated heterocycles. The Balaban J connectivity index is 1.14. The number of fused-ring (bicyclic) bond motifs is 4. The number of aromatic hydroxyl groups is 16. The fourth-order valence-electron chi connectivity index (χ4n) is 12.2. The van der Waals surface area contributed by atoms with Crippen molar-refractivity contribution in [3.63, 3.8) is 0 Å². The molecule has 8 aromatic carbocycles. The zero-order valence-electron chi connectivity index (χ0n) is 43.0. The predicted octanol–water partition coefficient (Wildman–Crippen LogP) is 5.89. The first kappa shape index (κ1) is 54.2. The lowest BCUT2D eigenvalue weighted by Gasteiger charge is -2.44. The molecule has 24 heteroatoms. The number of benzene rings is 8. The standard InChI is InChI=1S/C60H50O24/c61-23-13-34(71)42-41(14-23)81-55(20-2-6-26(63)31(68)10-20)51(78)48(42)44-36(73)17-38(75)46-50(53(80)57(83-59(44)46)22-4-8-28(65)33(70)12-22)47-39(76)18-37(74)45-49(52(79)56(84-60(45)47)21-3-7-27(64)32(69)11-21)43-35(72)16-29(66)24-15-40(77)54(82-58(24)43)19-1-5-25(62)30(67)9-19/h1-14,16-18,40,48-57,61-80H,15H2/t40-,48-,49+,50+,51-,52-,53+,54+,55-,56-,57+/m1/s1. The lowest BCUT2D eigenvalue weighted by Crippen LogP contribution is -2.40. The van der Waals surface area contributed by atoms with Gasteiger partial charge >= 0.3 is 0 Å². The van der Waals surface area contributed by atoms with Crippen molar-refractivity contribution in [3.8, 4) is 115 Å². The molecule has 20 N–H and O–H groups in total. The molecule has 0 unspecified atom stereocenters. The molecule has 0 aromatic heterocycles. The third-order valence-electron chi connectivity index (χ3n) is 16.0. The van der Waals surface area contributed by atoms with Crippen molar-refractivity contribution >= 4 is 0 Å². The molecule has 12 rings (SSSR count). The van der Waals surface area contributed by atoms with Crippen LogP contribution in [0.25, 0.3) is 0 Å². The van der Waals surface area contributed by atoms with Crippen molar-refractivity contribution in [2.24, 2.45) is 0 Å². The van der Waals surface area contributed by atoms with E-state index < -0.39 is 210 Å². The smallest absolute Gasteiger partial charge is 0.157 e. The van der Waals surface area contributed by atoms with Gasteiger partial charge in [0.2, 0.25) is 0 Å². The average Bonchev–Trinajstić information content (AvgIpc) is 1.45. The molecular formula is C60H50O24. The molecule has 434 valence electrons. The third-order valence-corrected chi connectivity index (χ3v) is 16.0. The van der Waals surface area contributed by atoms with Gasteiger partial charge in [-0.15, -0.1) is 0 Å². The largest absolute Gasteiger partial charge is 0.508 e. The van der Waals surface area contributed by atoms with Gasteiger partial charge in [0.15, 0.2) is 64.3 Å². The summed E-state index contributed by atoms with van der Waals surface area (Å²) in [5.41, 5.74) is -3.20. The number of rotatable bonds is 7. The van der Waals surface area contributed by atoms with Gasteiger partial charge in [-0.25, -0.2) is 0 Å². The number of aliphatic hydroxyl groups is 4. The first-order valence-electron chi connectivity index (χ1n) is 25.7. The molecule has 0 radical (unpaired) electrons. The molecule has 0 fully saturated rings. The average molecular weight is 1160 g/mol. The predicted molar refractivity (Wildman–Crippen MR) is 285 cm³/mol. The van der Waals surface area contributed by atoms with Crippen LogP contribution in [0, 0.1) is 0 Å². The van der Waals surface area contributed by atoms with Crippen LogP contribution in [0.3, 0.4) is 0 Å². The maximum atomic E-state index is 13.1. The molecule has 0 amide bonds. The lowest BCUT2D eigenvalue weighted by molar-refractivity contribution is -0.00858. The van der Waals surface area contributed by atoms with Gasteiger partial charge in [0.25, 0.3) is 0 Å². The fourth-order valence-corrected chi connectivity index (χ4v) is 12.2.